The Labute approximate surface area is 210 Å². The second kappa shape index (κ2) is 10.4. The molecule has 4 rings (SSSR count). The first-order chi connectivity index (χ1) is 16.7. The fraction of sp³-hybridized carbons (Fsp3) is 0.296. The van der Waals surface area contributed by atoms with E-state index in [9.17, 15) is 14.4 Å². The number of anilines is 2. The van der Waals surface area contributed by atoms with Crippen molar-refractivity contribution in [2.75, 3.05) is 23.8 Å². The van der Waals surface area contributed by atoms with Gasteiger partial charge in [0, 0.05) is 41.8 Å². The molecule has 0 saturated carbocycles. The number of nitrogens with one attached hydrogen (secondary N) is 2. The number of allylic oxidation sites excluding steroid dienone is 1. The van der Waals surface area contributed by atoms with Gasteiger partial charge in [-0.25, -0.2) is 0 Å². The van der Waals surface area contributed by atoms with Crippen molar-refractivity contribution in [3.63, 3.8) is 0 Å². The van der Waals surface area contributed by atoms with E-state index in [1.807, 2.05) is 50.4 Å². The van der Waals surface area contributed by atoms with Crippen LogP contribution in [-0.4, -0.2) is 42.3 Å². The van der Waals surface area contributed by atoms with Gasteiger partial charge in [-0.2, -0.15) is 0 Å². The van der Waals surface area contributed by atoms with Crippen molar-refractivity contribution in [3.8, 4) is 0 Å². The number of carbonyl (C=O) groups is 3. The molecule has 8 heteroatoms. The van der Waals surface area contributed by atoms with E-state index in [0.717, 1.165) is 40.6 Å². The molecule has 2 aliphatic rings. The molecule has 2 aromatic rings. The SMILES string of the molecule is C=C1CCC(N2C(=O)C=C(Nc3cccc(N(C)CCCc4ccc(C)c(Cl)c4)c3)C2=O)C(=O)N1. The molecule has 0 spiro atoms. The van der Waals surface area contributed by atoms with Gasteiger partial charge in [-0.05, 0) is 68.0 Å². The van der Waals surface area contributed by atoms with E-state index in [0.29, 0.717) is 24.2 Å². The number of halogens is 1. The molecule has 0 aliphatic carbocycles. The summed E-state index contributed by atoms with van der Waals surface area (Å²) < 4.78 is 0. The summed E-state index contributed by atoms with van der Waals surface area (Å²) in [5.74, 6) is -1.37. The monoisotopic (exact) mass is 492 g/mol. The van der Waals surface area contributed by atoms with Crippen molar-refractivity contribution in [1.29, 1.82) is 0 Å². The van der Waals surface area contributed by atoms with Gasteiger partial charge in [-0.1, -0.05) is 36.4 Å². The fourth-order valence-electron chi connectivity index (χ4n) is 4.30. The molecule has 0 aromatic heterocycles. The number of aryl methyl sites for hydroxylation is 2. The van der Waals surface area contributed by atoms with Crippen LogP contribution in [0.5, 0.6) is 0 Å². The Hall–Kier alpha value is -3.58. The van der Waals surface area contributed by atoms with E-state index < -0.39 is 17.9 Å². The minimum Gasteiger partial charge on any atom is -0.375 e. The maximum absolute atomic E-state index is 12.9. The molecule has 1 unspecified atom stereocenters. The molecular formula is C27H29ClN4O3. The minimum atomic E-state index is -0.822. The topological polar surface area (TPSA) is 81.8 Å². The van der Waals surface area contributed by atoms with E-state index in [1.165, 1.54) is 11.6 Å². The lowest BCUT2D eigenvalue weighted by atomic mass is 10.0. The Kier molecular flexibility index (Phi) is 7.26. The first-order valence-electron chi connectivity index (χ1n) is 11.6. The van der Waals surface area contributed by atoms with Crippen LogP contribution in [0, 0.1) is 6.92 Å². The van der Waals surface area contributed by atoms with Crippen molar-refractivity contribution < 1.29 is 14.4 Å². The third kappa shape index (κ3) is 5.57. The number of nitrogens with zero attached hydrogens (tertiary/aromatic N) is 2. The van der Waals surface area contributed by atoms with Crippen LogP contribution in [0.3, 0.4) is 0 Å². The number of carbonyl (C=O) groups excluding carboxylic acids is 3. The normalized spacial score (nSPS) is 18.0. The molecule has 182 valence electrons. The highest BCUT2D eigenvalue weighted by Crippen LogP contribution is 2.26. The summed E-state index contributed by atoms with van der Waals surface area (Å²) in [4.78, 5) is 40.9. The van der Waals surface area contributed by atoms with Crippen LogP contribution in [0.2, 0.25) is 5.02 Å². The van der Waals surface area contributed by atoms with Crippen molar-refractivity contribution >= 4 is 40.7 Å². The third-order valence-electron chi connectivity index (χ3n) is 6.35. The molecule has 1 saturated heterocycles. The molecule has 35 heavy (non-hydrogen) atoms. The Morgan fingerprint density at radius 3 is 2.74 bits per heavy atom. The summed E-state index contributed by atoms with van der Waals surface area (Å²) in [6.07, 6.45) is 4.03. The Balaban J connectivity index is 1.36. The van der Waals surface area contributed by atoms with Gasteiger partial charge in [0.1, 0.15) is 11.7 Å². The number of hydrogen-bond donors (Lipinski definition) is 2. The van der Waals surface area contributed by atoms with E-state index >= 15 is 0 Å². The molecule has 2 aromatic carbocycles. The predicted octanol–water partition coefficient (Wildman–Crippen LogP) is 4.17. The number of hydrogen-bond acceptors (Lipinski definition) is 5. The molecule has 0 bridgehead atoms. The summed E-state index contributed by atoms with van der Waals surface area (Å²) in [7, 11) is 2.02. The molecule has 1 fully saturated rings. The van der Waals surface area contributed by atoms with Gasteiger partial charge in [0.25, 0.3) is 11.8 Å². The first kappa shape index (κ1) is 24.5. The van der Waals surface area contributed by atoms with Gasteiger partial charge in [-0.3, -0.25) is 19.3 Å². The summed E-state index contributed by atoms with van der Waals surface area (Å²) in [5, 5.41) is 6.48. The number of piperidine rings is 1. The zero-order chi connectivity index (χ0) is 25.1. The van der Waals surface area contributed by atoms with Crippen molar-refractivity contribution in [1.82, 2.24) is 10.2 Å². The molecule has 2 heterocycles. The summed E-state index contributed by atoms with van der Waals surface area (Å²) in [5.41, 5.74) is 4.71. The second-order valence-electron chi connectivity index (χ2n) is 9.00. The van der Waals surface area contributed by atoms with Gasteiger partial charge in [0.2, 0.25) is 5.91 Å². The lowest BCUT2D eigenvalue weighted by Gasteiger charge is -2.29. The molecule has 3 amide bonds. The summed E-state index contributed by atoms with van der Waals surface area (Å²) in [6.45, 7) is 6.57. The summed E-state index contributed by atoms with van der Waals surface area (Å²) in [6, 6.07) is 13.0. The van der Waals surface area contributed by atoms with Crippen LogP contribution < -0.4 is 15.5 Å². The number of imide groups is 1. The minimum absolute atomic E-state index is 0.156. The quantitative estimate of drug-likeness (QED) is 0.540. The van der Waals surface area contributed by atoms with E-state index in [4.69, 9.17) is 11.6 Å². The van der Waals surface area contributed by atoms with Gasteiger partial charge in [0.15, 0.2) is 0 Å². The summed E-state index contributed by atoms with van der Waals surface area (Å²) >= 11 is 6.23. The van der Waals surface area contributed by atoms with Crippen molar-refractivity contribution in [3.05, 3.63) is 82.7 Å². The highest BCUT2D eigenvalue weighted by atomic mass is 35.5. The third-order valence-corrected chi connectivity index (χ3v) is 6.76. The largest absolute Gasteiger partial charge is 0.375 e. The molecule has 0 radical (unpaired) electrons. The Bertz CT molecular complexity index is 1220. The van der Waals surface area contributed by atoms with Crippen molar-refractivity contribution in [2.45, 2.75) is 38.6 Å². The van der Waals surface area contributed by atoms with Gasteiger partial charge >= 0.3 is 0 Å². The number of rotatable bonds is 8. The van der Waals surface area contributed by atoms with Crippen LogP contribution in [0.1, 0.15) is 30.4 Å². The molecular weight excluding hydrogens is 464 g/mol. The van der Waals surface area contributed by atoms with E-state index in [2.05, 4.69) is 28.2 Å². The lowest BCUT2D eigenvalue weighted by Crippen LogP contribution is -2.52. The van der Waals surface area contributed by atoms with Gasteiger partial charge < -0.3 is 15.5 Å². The van der Waals surface area contributed by atoms with Crippen LogP contribution in [0.4, 0.5) is 11.4 Å². The average molecular weight is 493 g/mol. The number of benzene rings is 2. The Morgan fingerprint density at radius 2 is 2.00 bits per heavy atom. The highest BCUT2D eigenvalue weighted by Gasteiger charge is 2.41. The highest BCUT2D eigenvalue weighted by molar-refractivity contribution is 6.31. The molecule has 2 N–H and O–H groups in total. The molecule has 2 aliphatic heterocycles. The maximum Gasteiger partial charge on any atom is 0.278 e. The van der Waals surface area contributed by atoms with Crippen LogP contribution >= 0.6 is 11.6 Å². The van der Waals surface area contributed by atoms with Gasteiger partial charge in [0.05, 0.1) is 0 Å². The zero-order valence-electron chi connectivity index (χ0n) is 19.9. The first-order valence-corrected chi connectivity index (χ1v) is 12.0. The second-order valence-corrected chi connectivity index (χ2v) is 9.41. The fourth-order valence-corrected chi connectivity index (χ4v) is 4.50. The van der Waals surface area contributed by atoms with Crippen molar-refractivity contribution in [2.24, 2.45) is 0 Å². The van der Waals surface area contributed by atoms with Crippen LogP contribution in [0.25, 0.3) is 0 Å². The predicted molar refractivity (Wildman–Crippen MR) is 138 cm³/mol. The van der Waals surface area contributed by atoms with Crippen LogP contribution in [0.15, 0.2) is 66.5 Å². The van der Waals surface area contributed by atoms with Crippen LogP contribution in [-0.2, 0) is 20.8 Å². The molecule has 1 atom stereocenters. The van der Waals surface area contributed by atoms with E-state index in [1.54, 1.807) is 0 Å². The molecule has 7 nitrogen and oxygen atoms in total. The zero-order valence-corrected chi connectivity index (χ0v) is 20.7. The van der Waals surface area contributed by atoms with E-state index in [-0.39, 0.29) is 11.6 Å². The smallest absolute Gasteiger partial charge is 0.278 e. The number of amides is 3. The van der Waals surface area contributed by atoms with Gasteiger partial charge in [-0.15, -0.1) is 0 Å². The standard InChI is InChI=1S/C27H29ClN4O3/c1-17-9-11-19(14-22(17)28)6-5-13-31(3)21-8-4-7-20(15-21)30-23-16-25(33)32(27(23)35)24-12-10-18(2)29-26(24)34/h4,7-9,11,14-16,24,30H,2,5-6,10,12-13H2,1,3H3,(H,29,34). The average Bonchev–Trinajstić information content (AvgIpc) is 3.09. The Morgan fingerprint density at radius 1 is 1.20 bits per heavy atom. The lowest BCUT2D eigenvalue weighted by molar-refractivity contribution is -0.146. The maximum atomic E-state index is 12.9.